The molecule has 1 N–H and O–H groups in total. The van der Waals surface area contributed by atoms with E-state index in [4.69, 9.17) is 8.83 Å². The lowest BCUT2D eigenvalue weighted by Crippen LogP contribution is -2.25. The van der Waals surface area contributed by atoms with Crippen molar-refractivity contribution in [2.75, 3.05) is 0 Å². The van der Waals surface area contributed by atoms with E-state index in [1.807, 2.05) is 43.3 Å². The van der Waals surface area contributed by atoms with Crippen molar-refractivity contribution < 1.29 is 13.6 Å². The molecule has 5 nitrogen and oxygen atoms in total. The van der Waals surface area contributed by atoms with Crippen LogP contribution in [0.15, 0.2) is 74.5 Å². The molecule has 0 unspecified atom stereocenters. The standard InChI is InChI=1S/C23H19NO4/c1-3-7-22(25)24-12-18-14(2)16-10-17-19(15-8-5-4-6-9-15)13-27-20(17)11-21(16)28-23(18)26/h3-11,13H,12H2,1-2H3,(H,24,25)/b7-3+. The lowest BCUT2D eigenvalue weighted by Gasteiger charge is -2.08. The molecule has 0 bridgehead atoms. The van der Waals surface area contributed by atoms with Gasteiger partial charge < -0.3 is 14.2 Å². The van der Waals surface area contributed by atoms with Gasteiger partial charge >= 0.3 is 5.63 Å². The number of amides is 1. The molecule has 5 heteroatoms. The zero-order chi connectivity index (χ0) is 19.7. The van der Waals surface area contributed by atoms with Crippen LogP contribution in [0.3, 0.4) is 0 Å². The zero-order valence-electron chi connectivity index (χ0n) is 15.6. The number of aryl methyl sites for hydroxylation is 1. The number of nitrogens with one attached hydrogen (secondary N) is 1. The van der Waals surface area contributed by atoms with Crippen molar-refractivity contribution in [2.24, 2.45) is 0 Å². The second kappa shape index (κ2) is 7.19. The molecule has 1 amide bonds. The third kappa shape index (κ3) is 3.11. The minimum atomic E-state index is -0.458. The van der Waals surface area contributed by atoms with Gasteiger partial charge in [0.05, 0.1) is 18.4 Å². The molecule has 2 heterocycles. The second-order valence-electron chi connectivity index (χ2n) is 6.57. The number of hydrogen-bond donors (Lipinski definition) is 1. The summed E-state index contributed by atoms with van der Waals surface area (Å²) in [5.41, 5.74) is 3.92. The summed E-state index contributed by atoms with van der Waals surface area (Å²) < 4.78 is 11.2. The van der Waals surface area contributed by atoms with Gasteiger partial charge in [-0.05, 0) is 37.1 Å². The molecule has 0 aliphatic heterocycles. The van der Waals surface area contributed by atoms with Gasteiger partial charge in [-0.3, -0.25) is 4.79 Å². The molecule has 0 atom stereocenters. The molecule has 0 fully saturated rings. The molecule has 28 heavy (non-hydrogen) atoms. The van der Waals surface area contributed by atoms with Gasteiger partial charge in [0.1, 0.15) is 11.2 Å². The number of fused-ring (bicyclic) bond motifs is 2. The fraction of sp³-hybridized carbons (Fsp3) is 0.130. The molecule has 0 radical (unpaired) electrons. The van der Waals surface area contributed by atoms with E-state index in [1.54, 1.807) is 25.3 Å². The fourth-order valence-electron chi connectivity index (χ4n) is 3.34. The minimum Gasteiger partial charge on any atom is -0.464 e. The highest BCUT2D eigenvalue weighted by Crippen LogP contribution is 2.34. The Hall–Kier alpha value is -3.60. The summed E-state index contributed by atoms with van der Waals surface area (Å²) in [4.78, 5) is 24.1. The van der Waals surface area contributed by atoms with Crippen molar-refractivity contribution in [1.29, 1.82) is 0 Å². The number of hydrogen-bond acceptors (Lipinski definition) is 4. The summed E-state index contributed by atoms with van der Waals surface area (Å²) >= 11 is 0. The molecular weight excluding hydrogens is 354 g/mol. The molecule has 2 aromatic heterocycles. The van der Waals surface area contributed by atoms with E-state index in [1.165, 1.54) is 6.08 Å². The molecule has 0 spiro atoms. The predicted molar refractivity (Wildman–Crippen MR) is 109 cm³/mol. The van der Waals surface area contributed by atoms with Crippen LogP contribution in [0.4, 0.5) is 0 Å². The summed E-state index contributed by atoms with van der Waals surface area (Å²) in [6.45, 7) is 3.74. The van der Waals surface area contributed by atoms with Crippen LogP contribution < -0.4 is 10.9 Å². The number of allylic oxidation sites excluding steroid dienone is 1. The van der Waals surface area contributed by atoms with Gasteiger partial charge in [-0.2, -0.15) is 0 Å². The number of carbonyl (C=O) groups excluding carboxylic acids is 1. The fourth-order valence-corrected chi connectivity index (χ4v) is 3.34. The topological polar surface area (TPSA) is 72.5 Å². The first kappa shape index (κ1) is 17.8. The Kier molecular flexibility index (Phi) is 4.57. The maximum absolute atomic E-state index is 12.4. The highest BCUT2D eigenvalue weighted by Gasteiger charge is 2.16. The molecule has 4 rings (SSSR count). The van der Waals surface area contributed by atoms with E-state index < -0.39 is 5.63 Å². The third-order valence-electron chi connectivity index (χ3n) is 4.82. The van der Waals surface area contributed by atoms with Gasteiger partial charge in [-0.15, -0.1) is 0 Å². The number of carbonyl (C=O) groups is 1. The Balaban J connectivity index is 1.85. The maximum atomic E-state index is 12.4. The van der Waals surface area contributed by atoms with Crippen LogP contribution in [0.1, 0.15) is 18.1 Å². The normalized spacial score (nSPS) is 11.5. The van der Waals surface area contributed by atoms with Crippen molar-refractivity contribution in [1.82, 2.24) is 5.32 Å². The highest BCUT2D eigenvalue weighted by molar-refractivity contribution is 6.02. The van der Waals surface area contributed by atoms with Gasteiger partial charge in [0.15, 0.2) is 0 Å². The third-order valence-corrected chi connectivity index (χ3v) is 4.82. The zero-order valence-corrected chi connectivity index (χ0v) is 15.6. The Morgan fingerprint density at radius 3 is 2.64 bits per heavy atom. The predicted octanol–water partition coefficient (Wildman–Crippen LogP) is 4.71. The molecular formula is C23H19NO4. The average molecular weight is 373 g/mol. The van der Waals surface area contributed by atoms with Crippen LogP contribution in [0.5, 0.6) is 0 Å². The molecule has 0 saturated heterocycles. The first-order valence-electron chi connectivity index (χ1n) is 9.02. The quantitative estimate of drug-likeness (QED) is 0.415. The van der Waals surface area contributed by atoms with E-state index in [-0.39, 0.29) is 12.5 Å². The lowest BCUT2D eigenvalue weighted by atomic mass is 10.0. The van der Waals surface area contributed by atoms with Crippen molar-refractivity contribution in [3.05, 3.63) is 82.4 Å². The SMILES string of the molecule is C/C=C/C(=O)NCc1c(C)c2cc3c(-c4ccccc4)coc3cc2oc1=O. The Morgan fingerprint density at radius 2 is 1.89 bits per heavy atom. The van der Waals surface area contributed by atoms with E-state index >= 15 is 0 Å². The second-order valence-corrected chi connectivity index (χ2v) is 6.57. The highest BCUT2D eigenvalue weighted by atomic mass is 16.4. The van der Waals surface area contributed by atoms with Crippen molar-refractivity contribution in [3.8, 4) is 11.1 Å². The molecule has 0 aliphatic rings. The summed E-state index contributed by atoms with van der Waals surface area (Å²) in [6, 6.07) is 13.7. The first-order valence-corrected chi connectivity index (χ1v) is 9.02. The van der Waals surface area contributed by atoms with Gasteiger partial charge in [0, 0.05) is 22.4 Å². The molecule has 0 saturated carbocycles. The van der Waals surface area contributed by atoms with E-state index in [0.717, 1.165) is 27.5 Å². The Labute approximate surface area is 161 Å². The van der Waals surface area contributed by atoms with Gasteiger partial charge in [0.2, 0.25) is 5.91 Å². The maximum Gasteiger partial charge on any atom is 0.341 e. The van der Waals surface area contributed by atoms with Crippen LogP contribution in [-0.2, 0) is 11.3 Å². The van der Waals surface area contributed by atoms with Gasteiger partial charge in [-0.1, -0.05) is 36.4 Å². The van der Waals surface area contributed by atoms with Crippen LogP contribution in [0.25, 0.3) is 33.1 Å². The Morgan fingerprint density at radius 1 is 1.11 bits per heavy atom. The van der Waals surface area contributed by atoms with Crippen LogP contribution >= 0.6 is 0 Å². The van der Waals surface area contributed by atoms with E-state index in [2.05, 4.69) is 5.32 Å². The van der Waals surface area contributed by atoms with Crippen molar-refractivity contribution >= 4 is 27.8 Å². The largest absolute Gasteiger partial charge is 0.464 e. The molecule has 2 aromatic carbocycles. The van der Waals surface area contributed by atoms with Crippen molar-refractivity contribution in [2.45, 2.75) is 20.4 Å². The molecule has 0 aliphatic carbocycles. The smallest absolute Gasteiger partial charge is 0.341 e. The lowest BCUT2D eigenvalue weighted by molar-refractivity contribution is -0.116. The summed E-state index contributed by atoms with van der Waals surface area (Å²) in [5, 5.41) is 4.48. The summed E-state index contributed by atoms with van der Waals surface area (Å²) in [6.07, 6.45) is 4.77. The number of furan rings is 1. The first-order chi connectivity index (χ1) is 13.6. The van der Waals surface area contributed by atoms with Crippen LogP contribution in [0.2, 0.25) is 0 Å². The monoisotopic (exact) mass is 373 g/mol. The van der Waals surface area contributed by atoms with Crippen molar-refractivity contribution in [3.63, 3.8) is 0 Å². The van der Waals surface area contributed by atoms with Gasteiger partial charge in [0.25, 0.3) is 0 Å². The van der Waals surface area contributed by atoms with Crippen LogP contribution in [-0.4, -0.2) is 5.91 Å². The molecule has 4 aromatic rings. The summed E-state index contributed by atoms with van der Waals surface area (Å²) in [7, 11) is 0. The molecule has 140 valence electrons. The van der Waals surface area contributed by atoms with E-state index in [9.17, 15) is 9.59 Å². The average Bonchev–Trinajstić information content (AvgIpc) is 3.10. The number of benzene rings is 2. The van der Waals surface area contributed by atoms with Gasteiger partial charge in [-0.25, -0.2) is 4.79 Å². The summed E-state index contributed by atoms with van der Waals surface area (Å²) in [5.74, 6) is -0.252. The minimum absolute atomic E-state index is 0.113. The Bertz CT molecular complexity index is 1260. The van der Waals surface area contributed by atoms with Crippen LogP contribution in [0, 0.1) is 6.92 Å². The van der Waals surface area contributed by atoms with E-state index in [0.29, 0.717) is 16.7 Å². The number of rotatable bonds is 4.